The Hall–Kier alpha value is -1.31. The van der Waals surface area contributed by atoms with Crippen LogP contribution in [0.2, 0.25) is 0 Å². The van der Waals surface area contributed by atoms with Crippen molar-refractivity contribution in [3.63, 3.8) is 0 Å². The number of alkyl halides is 3. The Morgan fingerprint density at radius 2 is 2.10 bits per heavy atom. The van der Waals surface area contributed by atoms with Gasteiger partial charge in [-0.1, -0.05) is 13.8 Å². The second kappa shape index (κ2) is 7.11. The Bertz CT molecular complexity index is 385. The van der Waals surface area contributed by atoms with E-state index in [4.69, 9.17) is 0 Å². The van der Waals surface area contributed by atoms with Crippen LogP contribution in [-0.2, 0) is 9.59 Å². The summed E-state index contributed by atoms with van der Waals surface area (Å²) in [4.78, 5) is 24.1. The van der Waals surface area contributed by atoms with E-state index in [9.17, 15) is 27.9 Å². The predicted octanol–water partition coefficient (Wildman–Crippen LogP) is 0.920. The SMILES string of the molecule is CC(C)CC(CO)NC(=O)C1CC(=O)N(CC(F)(F)F)C1. The van der Waals surface area contributed by atoms with Crippen molar-refractivity contribution in [2.75, 3.05) is 19.7 Å². The normalized spacial score (nSPS) is 21.0. The van der Waals surface area contributed by atoms with E-state index in [2.05, 4.69) is 5.32 Å². The fourth-order valence-electron chi connectivity index (χ4n) is 2.38. The summed E-state index contributed by atoms with van der Waals surface area (Å²) in [6, 6.07) is -0.440. The van der Waals surface area contributed by atoms with Crippen LogP contribution in [0.15, 0.2) is 0 Å². The molecule has 1 aliphatic heterocycles. The van der Waals surface area contributed by atoms with E-state index in [1.807, 2.05) is 13.8 Å². The Balaban J connectivity index is 2.54. The zero-order valence-electron chi connectivity index (χ0n) is 12.1. The molecular weight excluding hydrogens is 289 g/mol. The van der Waals surface area contributed by atoms with Gasteiger partial charge in [0.25, 0.3) is 0 Å². The van der Waals surface area contributed by atoms with Gasteiger partial charge >= 0.3 is 6.18 Å². The van der Waals surface area contributed by atoms with Gasteiger partial charge in [-0.2, -0.15) is 13.2 Å². The molecule has 122 valence electrons. The first kappa shape index (κ1) is 17.7. The van der Waals surface area contributed by atoms with Gasteiger partial charge in [-0.05, 0) is 12.3 Å². The molecule has 0 aliphatic carbocycles. The highest BCUT2D eigenvalue weighted by atomic mass is 19.4. The smallest absolute Gasteiger partial charge is 0.394 e. The third kappa shape index (κ3) is 5.91. The molecule has 5 nitrogen and oxygen atoms in total. The largest absolute Gasteiger partial charge is 0.406 e. The second-order valence-corrected chi connectivity index (χ2v) is 5.81. The van der Waals surface area contributed by atoms with E-state index in [0.29, 0.717) is 11.3 Å². The number of hydrogen-bond donors (Lipinski definition) is 2. The van der Waals surface area contributed by atoms with Gasteiger partial charge in [0, 0.05) is 13.0 Å². The van der Waals surface area contributed by atoms with Gasteiger partial charge < -0.3 is 15.3 Å². The highest BCUT2D eigenvalue weighted by Gasteiger charge is 2.40. The Labute approximate surface area is 121 Å². The standard InChI is InChI=1S/C13H21F3N2O3/c1-8(2)3-10(6-19)17-12(21)9-4-11(20)18(5-9)7-13(14,15)16/h8-10,19H,3-7H2,1-2H3,(H,17,21). The lowest BCUT2D eigenvalue weighted by molar-refractivity contribution is -0.157. The summed E-state index contributed by atoms with van der Waals surface area (Å²) in [5, 5.41) is 11.8. The number of nitrogens with zero attached hydrogens (tertiary/aromatic N) is 1. The summed E-state index contributed by atoms with van der Waals surface area (Å²) in [7, 11) is 0. The van der Waals surface area contributed by atoms with E-state index in [0.717, 1.165) is 0 Å². The van der Waals surface area contributed by atoms with E-state index < -0.39 is 36.5 Å². The van der Waals surface area contributed by atoms with Crippen molar-refractivity contribution in [3.8, 4) is 0 Å². The van der Waals surface area contributed by atoms with Crippen molar-refractivity contribution in [3.05, 3.63) is 0 Å². The first-order valence-electron chi connectivity index (χ1n) is 6.88. The third-order valence-electron chi connectivity index (χ3n) is 3.28. The first-order chi connectivity index (χ1) is 9.62. The summed E-state index contributed by atoms with van der Waals surface area (Å²) in [6.07, 6.45) is -4.12. The van der Waals surface area contributed by atoms with Crippen molar-refractivity contribution in [1.82, 2.24) is 10.2 Å². The maximum absolute atomic E-state index is 12.3. The Morgan fingerprint density at radius 1 is 1.48 bits per heavy atom. The van der Waals surface area contributed by atoms with Crippen LogP contribution in [0.4, 0.5) is 13.2 Å². The van der Waals surface area contributed by atoms with Crippen molar-refractivity contribution in [1.29, 1.82) is 0 Å². The lowest BCUT2D eigenvalue weighted by Gasteiger charge is -2.21. The van der Waals surface area contributed by atoms with Gasteiger partial charge in [-0.3, -0.25) is 9.59 Å². The highest BCUT2D eigenvalue weighted by Crippen LogP contribution is 2.24. The van der Waals surface area contributed by atoms with Gasteiger partial charge in [-0.25, -0.2) is 0 Å². The molecule has 0 aromatic carbocycles. The summed E-state index contributed by atoms with van der Waals surface area (Å²) >= 11 is 0. The van der Waals surface area contributed by atoms with Crippen LogP contribution in [0.3, 0.4) is 0 Å². The number of carbonyl (C=O) groups is 2. The van der Waals surface area contributed by atoms with Crippen LogP contribution >= 0.6 is 0 Å². The Kier molecular flexibility index (Phi) is 6.00. The summed E-state index contributed by atoms with van der Waals surface area (Å²) in [6.45, 7) is 2.06. The van der Waals surface area contributed by atoms with Crippen molar-refractivity contribution in [2.24, 2.45) is 11.8 Å². The molecule has 1 fully saturated rings. The van der Waals surface area contributed by atoms with Crippen molar-refractivity contribution in [2.45, 2.75) is 38.9 Å². The number of nitrogens with one attached hydrogen (secondary N) is 1. The van der Waals surface area contributed by atoms with E-state index in [1.165, 1.54) is 0 Å². The number of aliphatic hydroxyl groups is 1. The number of rotatable bonds is 6. The average Bonchev–Trinajstić information content (AvgIpc) is 2.67. The molecule has 2 N–H and O–H groups in total. The summed E-state index contributed by atoms with van der Waals surface area (Å²) in [5.74, 6) is -1.68. The maximum atomic E-state index is 12.3. The molecule has 2 amide bonds. The molecule has 2 unspecified atom stereocenters. The van der Waals surface area contributed by atoms with Crippen LogP contribution in [0.5, 0.6) is 0 Å². The molecule has 21 heavy (non-hydrogen) atoms. The number of halogens is 3. The first-order valence-corrected chi connectivity index (χ1v) is 6.88. The van der Waals surface area contributed by atoms with Gasteiger partial charge in [-0.15, -0.1) is 0 Å². The third-order valence-corrected chi connectivity index (χ3v) is 3.28. The maximum Gasteiger partial charge on any atom is 0.406 e. The molecule has 0 aromatic heterocycles. The molecule has 8 heteroatoms. The molecular formula is C13H21F3N2O3. The molecule has 0 aromatic rings. The van der Waals surface area contributed by atoms with Gasteiger partial charge in [0.2, 0.25) is 11.8 Å². The van der Waals surface area contributed by atoms with Gasteiger partial charge in [0.05, 0.1) is 18.6 Å². The van der Waals surface area contributed by atoms with E-state index in [1.54, 1.807) is 0 Å². The monoisotopic (exact) mass is 310 g/mol. The minimum atomic E-state index is -4.47. The zero-order chi connectivity index (χ0) is 16.2. The second-order valence-electron chi connectivity index (χ2n) is 5.81. The zero-order valence-corrected chi connectivity index (χ0v) is 12.1. The molecule has 0 radical (unpaired) electrons. The fourth-order valence-corrected chi connectivity index (χ4v) is 2.38. The molecule has 1 heterocycles. The Morgan fingerprint density at radius 3 is 2.57 bits per heavy atom. The van der Waals surface area contributed by atoms with Gasteiger partial charge in [0.15, 0.2) is 0 Å². The molecule has 0 spiro atoms. The van der Waals surface area contributed by atoms with Crippen LogP contribution in [0.25, 0.3) is 0 Å². The van der Waals surface area contributed by atoms with Crippen LogP contribution in [0.1, 0.15) is 26.7 Å². The molecule has 0 saturated carbocycles. The number of aliphatic hydroxyl groups excluding tert-OH is 1. The van der Waals surface area contributed by atoms with E-state index >= 15 is 0 Å². The molecule has 1 saturated heterocycles. The minimum absolute atomic E-state index is 0.220. The van der Waals surface area contributed by atoms with Gasteiger partial charge in [0.1, 0.15) is 6.54 Å². The summed E-state index contributed by atoms with van der Waals surface area (Å²) in [5.41, 5.74) is 0. The lowest BCUT2D eigenvalue weighted by atomic mass is 10.0. The number of amides is 2. The van der Waals surface area contributed by atoms with Crippen molar-refractivity contribution < 1.29 is 27.9 Å². The summed E-state index contributed by atoms with van der Waals surface area (Å²) < 4.78 is 36.9. The quantitative estimate of drug-likeness (QED) is 0.766. The predicted molar refractivity (Wildman–Crippen MR) is 69.2 cm³/mol. The molecule has 1 rings (SSSR count). The van der Waals surface area contributed by atoms with Crippen LogP contribution in [0, 0.1) is 11.8 Å². The lowest BCUT2D eigenvalue weighted by Crippen LogP contribution is -2.43. The van der Waals surface area contributed by atoms with Crippen LogP contribution in [-0.4, -0.2) is 53.7 Å². The average molecular weight is 310 g/mol. The topological polar surface area (TPSA) is 69.6 Å². The highest BCUT2D eigenvalue weighted by molar-refractivity contribution is 5.89. The van der Waals surface area contributed by atoms with E-state index in [-0.39, 0.29) is 25.5 Å². The number of carbonyl (C=O) groups excluding carboxylic acids is 2. The minimum Gasteiger partial charge on any atom is -0.394 e. The molecule has 2 atom stereocenters. The molecule has 1 aliphatic rings. The van der Waals surface area contributed by atoms with Crippen molar-refractivity contribution >= 4 is 11.8 Å². The number of likely N-dealkylation sites (tertiary alicyclic amines) is 1. The number of hydrogen-bond acceptors (Lipinski definition) is 3. The van der Waals surface area contributed by atoms with Crippen LogP contribution < -0.4 is 5.32 Å². The molecule has 0 bridgehead atoms. The fraction of sp³-hybridized carbons (Fsp3) is 0.846.